The highest BCUT2D eigenvalue weighted by molar-refractivity contribution is 9.10. The van der Waals surface area contributed by atoms with Crippen molar-refractivity contribution < 1.29 is 9.53 Å². The molecule has 3 aromatic carbocycles. The van der Waals surface area contributed by atoms with Crippen molar-refractivity contribution in [3.63, 3.8) is 0 Å². The molecule has 0 saturated heterocycles. The fourth-order valence-corrected chi connectivity index (χ4v) is 3.62. The zero-order valence-electron chi connectivity index (χ0n) is 16.0. The topological polar surface area (TPSA) is 41.9 Å². The summed E-state index contributed by atoms with van der Waals surface area (Å²) < 4.78 is 6.25. The SMILES string of the molecule is C#CCOc1ccc(/C=C2\C(=O)N(c3ccccc3)N=C2c2ccccc2)cc1Br. The van der Waals surface area contributed by atoms with E-state index < -0.39 is 0 Å². The highest BCUT2D eigenvalue weighted by Crippen LogP contribution is 2.30. The van der Waals surface area contributed by atoms with Crippen molar-refractivity contribution in [3.05, 3.63) is 100 Å². The fraction of sp³-hybridized carbons (Fsp3) is 0.0400. The highest BCUT2D eigenvalue weighted by atomic mass is 79.9. The Morgan fingerprint density at radius 3 is 2.40 bits per heavy atom. The van der Waals surface area contributed by atoms with Gasteiger partial charge in [0.05, 0.1) is 15.7 Å². The molecule has 0 fully saturated rings. The number of hydrogen-bond acceptors (Lipinski definition) is 3. The number of carbonyl (C=O) groups is 1. The lowest BCUT2D eigenvalue weighted by molar-refractivity contribution is -0.114. The van der Waals surface area contributed by atoms with Gasteiger partial charge >= 0.3 is 0 Å². The van der Waals surface area contributed by atoms with Crippen LogP contribution in [-0.2, 0) is 4.79 Å². The molecule has 0 aromatic heterocycles. The van der Waals surface area contributed by atoms with E-state index in [1.807, 2.05) is 84.9 Å². The second-order valence-corrected chi connectivity index (χ2v) is 7.36. The van der Waals surface area contributed by atoms with Crippen LogP contribution in [0.3, 0.4) is 0 Å². The van der Waals surface area contributed by atoms with Gasteiger partial charge in [-0.2, -0.15) is 10.1 Å². The van der Waals surface area contributed by atoms with Crippen LogP contribution in [0.4, 0.5) is 5.69 Å². The Morgan fingerprint density at radius 2 is 1.73 bits per heavy atom. The molecule has 4 nitrogen and oxygen atoms in total. The zero-order valence-corrected chi connectivity index (χ0v) is 17.5. The van der Waals surface area contributed by atoms with Crippen LogP contribution in [0.25, 0.3) is 6.08 Å². The van der Waals surface area contributed by atoms with Crippen LogP contribution in [0, 0.1) is 12.3 Å². The Hall–Kier alpha value is -3.62. The molecule has 0 N–H and O–H groups in total. The molecule has 5 heteroatoms. The largest absolute Gasteiger partial charge is 0.480 e. The van der Waals surface area contributed by atoms with Crippen molar-refractivity contribution >= 4 is 39.3 Å². The molecule has 0 unspecified atom stereocenters. The van der Waals surface area contributed by atoms with Crippen molar-refractivity contribution in [2.45, 2.75) is 0 Å². The first-order chi connectivity index (χ1) is 14.7. The third kappa shape index (κ3) is 4.05. The Labute approximate surface area is 183 Å². The number of benzene rings is 3. The number of carbonyl (C=O) groups excluding carboxylic acids is 1. The molecule has 146 valence electrons. The summed E-state index contributed by atoms with van der Waals surface area (Å²) in [4.78, 5) is 13.3. The third-order valence-corrected chi connectivity index (χ3v) is 5.12. The van der Waals surface area contributed by atoms with Gasteiger partial charge in [0, 0.05) is 5.56 Å². The normalized spacial score (nSPS) is 14.5. The van der Waals surface area contributed by atoms with Crippen molar-refractivity contribution in [2.24, 2.45) is 5.10 Å². The van der Waals surface area contributed by atoms with E-state index in [0.29, 0.717) is 17.0 Å². The number of terminal acetylenes is 1. The first kappa shape index (κ1) is 19.7. The van der Waals surface area contributed by atoms with E-state index in [-0.39, 0.29) is 12.5 Å². The Balaban J connectivity index is 1.75. The van der Waals surface area contributed by atoms with Gasteiger partial charge in [-0.1, -0.05) is 60.5 Å². The molecule has 0 saturated carbocycles. The molecule has 0 aliphatic carbocycles. The summed E-state index contributed by atoms with van der Waals surface area (Å²) in [5, 5.41) is 6.08. The second kappa shape index (κ2) is 8.81. The van der Waals surface area contributed by atoms with Crippen molar-refractivity contribution in [3.8, 4) is 18.1 Å². The summed E-state index contributed by atoms with van der Waals surface area (Å²) >= 11 is 3.50. The molecule has 1 heterocycles. The molecule has 1 aliphatic heterocycles. The van der Waals surface area contributed by atoms with E-state index >= 15 is 0 Å². The van der Waals surface area contributed by atoms with Crippen LogP contribution in [0.15, 0.2) is 94.0 Å². The van der Waals surface area contributed by atoms with Crippen molar-refractivity contribution in [2.75, 3.05) is 11.6 Å². The van der Waals surface area contributed by atoms with Crippen LogP contribution in [-0.4, -0.2) is 18.2 Å². The number of halogens is 1. The van der Waals surface area contributed by atoms with E-state index in [1.165, 1.54) is 5.01 Å². The summed E-state index contributed by atoms with van der Waals surface area (Å²) in [7, 11) is 0. The number of nitrogens with zero attached hydrogens (tertiary/aromatic N) is 2. The number of rotatable bonds is 5. The second-order valence-electron chi connectivity index (χ2n) is 6.51. The Kier molecular flexibility index (Phi) is 5.78. The molecular weight excluding hydrogens is 440 g/mol. The quantitative estimate of drug-likeness (QED) is 0.386. The summed E-state index contributed by atoms with van der Waals surface area (Å²) in [6.45, 7) is 0.189. The van der Waals surface area contributed by atoms with Gasteiger partial charge in [0.2, 0.25) is 0 Å². The molecular formula is C25H17BrN2O2. The Bertz CT molecular complexity index is 1180. The van der Waals surface area contributed by atoms with Crippen LogP contribution < -0.4 is 9.75 Å². The van der Waals surface area contributed by atoms with Gasteiger partial charge in [-0.25, -0.2) is 0 Å². The predicted molar refractivity (Wildman–Crippen MR) is 123 cm³/mol. The van der Waals surface area contributed by atoms with Crippen LogP contribution in [0.5, 0.6) is 5.75 Å². The summed E-state index contributed by atoms with van der Waals surface area (Å²) in [6.07, 6.45) is 7.10. The van der Waals surface area contributed by atoms with Gasteiger partial charge in [0.25, 0.3) is 5.91 Å². The molecule has 1 aliphatic rings. The number of hydrazone groups is 1. The molecule has 0 atom stereocenters. The minimum atomic E-state index is -0.177. The van der Waals surface area contributed by atoms with Gasteiger partial charge in [0.1, 0.15) is 18.1 Å². The molecule has 0 bridgehead atoms. The summed E-state index contributed by atoms with van der Waals surface area (Å²) in [6, 6.07) is 24.7. The van der Waals surface area contributed by atoms with Crippen molar-refractivity contribution in [1.29, 1.82) is 0 Å². The first-order valence-electron chi connectivity index (χ1n) is 9.29. The minimum absolute atomic E-state index is 0.177. The van der Waals surface area contributed by atoms with Gasteiger partial charge in [0.15, 0.2) is 0 Å². The maximum absolute atomic E-state index is 13.3. The van der Waals surface area contributed by atoms with Gasteiger partial charge in [-0.15, -0.1) is 6.42 Å². The molecule has 0 spiro atoms. The molecule has 3 aromatic rings. The average Bonchev–Trinajstić information content (AvgIpc) is 3.10. The minimum Gasteiger partial charge on any atom is -0.480 e. The first-order valence-corrected chi connectivity index (χ1v) is 10.1. The summed E-state index contributed by atoms with van der Waals surface area (Å²) in [5.41, 5.74) is 3.60. The predicted octanol–water partition coefficient (Wildman–Crippen LogP) is 5.30. The number of ether oxygens (including phenoxy) is 1. The number of amides is 1. The standard InChI is InChI=1S/C25H17BrN2O2/c1-2-15-30-23-14-13-18(17-22(23)26)16-21-24(19-9-5-3-6-10-19)27-28(25(21)29)20-11-7-4-8-12-20/h1,3-14,16-17H,15H2/b21-16-. The lowest BCUT2D eigenvalue weighted by Gasteiger charge is -2.11. The number of para-hydroxylation sites is 1. The lowest BCUT2D eigenvalue weighted by atomic mass is 10.0. The third-order valence-electron chi connectivity index (χ3n) is 4.50. The van der Waals surface area contributed by atoms with Gasteiger partial charge < -0.3 is 4.74 Å². The highest BCUT2D eigenvalue weighted by Gasteiger charge is 2.31. The van der Waals surface area contributed by atoms with Crippen LogP contribution >= 0.6 is 15.9 Å². The Morgan fingerprint density at radius 1 is 1.03 bits per heavy atom. The zero-order chi connectivity index (χ0) is 20.9. The lowest BCUT2D eigenvalue weighted by Crippen LogP contribution is -2.21. The maximum Gasteiger partial charge on any atom is 0.281 e. The van der Waals surface area contributed by atoms with E-state index in [0.717, 1.165) is 21.3 Å². The van der Waals surface area contributed by atoms with Crippen LogP contribution in [0.1, 0.15) is 11.1 Å². The van der Waals surface area contributed by atoms with Crippen molar-refractivity contribution in [1.82, 2.24) is 0 Å². The molecule has 0 radical (unpaired) electrons. The van der Waals surface area contributed by atoms with E-state index in [4.69, 9.17) is 11.2 Å². The fourth-order valence-electron chi connectivity index (χ4n) is 3.11. The van der Waals surface area contributed by atoms with Crippen LogP contribution in [0.2, 0.25) is 0 Å². The van der Waals surface area contributed by atoms with E-state index in [1.54, 1.807) is 0 Å². The smallest absolute Gasteiger partial charge is 0.281 e. The summed E-state index contributed by atoms with van der Waals surface area (Å²) in [5.74, 6) is 2.92. The van der Waals surface area contributed by atoms with Gasteiger partial charge in [-0.05, 0) is 51.8 Å². The molecule has 4 rings (SSSR count). The van der Waals surface area contributed by atoms with E-state index in [9.17, 15) is 4.79 Å². The number of anilines is 1. The monoisotopic (exact) mass is 456 g/mol. The average molecular weight is 457 g/mol. The molecule has 30 heavy (non-hydrogen) atoms. The van der Waals surface area contributed by atoms with E-state index in [2.05, 4.69) is 27.0 Å². The van der Waals surface area contributed by atoms with Gasteiger partial charge in [-0.3, -0.25) is 4.79 Å². The maximum atomic E-state index is 13.3. The number of hydrogen-bond donors (Lipinski definition) is 0. The molecule has 1 amide bonds.